The normalized spacial score (nSPS) is 13.5. The minimum Gasteiger partial charge on any atom is -0.0795 e. The Balaban J connectivity index is 1.82. The number of rotatable bonds is 2. The van der Waals surface area contributed by atoms with E-state index in [0.29, 0.717) is 0 Å². The smallest absolute Gasteiger partial charge is 0.0795 e. The molecule has 0 fully saturated rings. The maximum Gasteiger partial charge on any atom is 0.174 e. The Hall–Kier alpha value is -1.64. The summed E-state index contributed by atoms with van der Waals surface area (Å²) in [6.45, 7) is 0. The van der Waals surface area contributed by atoms with E-state index in [0.717, 1.165) is 5.75 Å². The first-order valence-corrected chi connectivity index (χ1v) is 9.23. The van der Waals surface area contributed by atoms with E-state index in [2.05, 4.69) is 78.9 Å². The fraction of sp³-hybridized carbons (Fsp3) is 0.0526. The average molecular weight is 307 g/mol. The predicted molar refractivity (Wildman–Crippen MR) is 91.1 cm³/mol. The van der Waals surface area contributed by atoms with Gasteiger partial charge in [-0.1, -0.05) is 66.4 Å². The number of benzene rings is 3. The van der Waals surface area contributed by atoms with Crippen LogP contribution in [-0.4, -0.2) is 0 Å². The summed E-state index contributed by atoms with van der Waals surface area (Å²) in [6, 6.07) is 28.5. The van der Waals surface area contributed by atoms with E-state index in [9.17, 15) is 0 Å². The average Bonchev–Trinajstić information content (AvgIpc) is 2.55. The number of hydrogen-bond acceptors (Lipinski definition) is 1. The van der Waals surface area contributed by atoms with Gasteiger partial charge in [0.15, 0.2) is 9.79 Å². The van der Waals surface area contributed by atoms with Crippen molar-refractivity contribution in [2.45, 2.75) is 25.3 Å². The highest BCUT2D eigenvalue weighted by atomic mass is 32.2. The Morgan fingerprint density at radius 2 is 1.14 bits per heavy atom. The zero-order chi connectivity index (χ0) is 14.1. The Bertz CT molecular complexity index is 720. The number of hydrogen-bond donors (Lipinski definition) is 0. The zero-order valence-electron chi connectivity index (χ0n) is 11.5. The van der Waals surface area contributed by atoms with E-state index in [1.807, 2.05) is 11.8 Å². The molecule has 0 saturated carbocycles. The van der Waals surface area contributed by atoms with Gasteiger partial charge in [-0.2, -0.15) is 0 Å². The summed E-state index contributed by atoms with van der Waals surface area (Å²) in [5, 5.41) is 0. The molecule has 102 valence electrons. The van der Waals surface area contributed by atoms with E-state index < -0.39 is 0 Å². The molecule has 0 aliphatic carbocycles. The van der Waals surface area contributed by atoms with Crippen molar-refractivity contribution < 1.29 is 0 Å². The third-order valence-electron chi connectivity index (χ3n) is 3.60. The third kappa shape index (κ3) is 2.50. The maximum absolute atomic E-state index is 2.30. The molecule has 0 atom stereocenters. The first-order valence-electron chi connectivity index (χ1n) is 7.02. The van der Waals surface area contributed by atoms with Crippen LogP contribution >= 0.6 is 11.8 Å². The van der Waals surface area contributed by atoms with Crippen molar-refractivity contribution in [1.29, 1.82) is 0 Å². The zero-order valence-corrected chi connectivity index (χ0v) is 13.2. The summed E-state index contributed by atoms with van der Waals surface area (Å²) in [5.74, 6) is 1.09. The molecule has 3 aromatic carbocycles. The summed E-state index contributed by atoms with van der Waals surface area (Å²) < 4.78 is 0. The van der Waals surface area contributed by atoms with Crippen LogP contribution < -0.4 is 0 Å². The highest BCUT2D eigenvalue weighted by Gasteiger charge is 2.35. The van der Waals surface area contributed by atoms with Gasteiger partial charge in [-0.05, 0) is 24.3 Å². The molecule has 3 aromatic rings. The van der Waals surface area contributed by atoms with Crippen LogP contribution in [0.5, 0.6) is 0 Å². The fourth-order valence-corrected chi connectivity index (χ4v) is 6.51. The SMILES string of the molecule is c1ccc(C[S+]2c3ccccc3Sc3ccccc32)cc1. The Kier molecular flexibility index (Phi) is 3.50. The van der Waals surface area contributed by atoms with Crippen LogP contribution in [-0.2, 0) is 16.6 Å². The lowest BCUT2D eigenvalue weighted by Gasteiger charge is -2.19. The minimum atomic E-state index is 0.134. The lowest BCUT2D eigenvalue weighted by molar-refractivity contribution is 1.12. The second-order valence-corrected chi connectivity index (χ2v) is 8.05. The van der Waals surface area contributed by atoms with Crippen LogP contribution in [0.2, 0.25) is 0 Å². The molecule has 0 radical (unpaired) electrons. The lowest BCUT2D eigenvalue weighted by atomic mass is 10.2. The molecule has 0 bridgehead atoms. The Morgan fingerprint density at radius 1 is 0.619 bits per heavy atom. The molecule has 0 unspecified atom stereocenters. The van der Waals surface area contributed by atoms with Gasteiger partial charge in [0.1, 0.15) is 5.75 Å². The first kappa shape index (κ1) is 13.1. The van der Waals surface area contributed by atoms with Crippen LogP contribution in [0, 0.1) is 0 Å². The molecule has 21 heavy (non-hydrogen) atoms. The second kappa shape index (κ2) is 5.63. The molecule has 0 spiro atoms. The van der Waals surface area contributed by atoms with Crippen molar-refractivity contribution >= 4 is 22.7 Å². The topological polar surface area (TPSA) is 0 Å². The summed E-state index contributed by atoms with van der Waals surface area (Å²) in [7, 11) is 0.134. The van der Waals surface area contributed by atoms with Gasteiger partial charge < -0.3 is 0 Å². The lowest BCUT2D eigenvalue weighted by Crippen LogP contribution is -2.12. The van der Waals surface area contributed by atoms with E-state index >= 15 is 0 Å². The van der Waals surface area contributed by atoms with Crippen LogP contribution in [0.3, 0.4) is 0 Å². The molecular weight excluding hydrogens is 292 g/mol. The van der Waals surface area contributed by atoms with Crippen LogP contribution in [0.1, 0.15) is 5.56 Å². The predicted octanol–water partition coefficient (Wildman–Crippen LogP) is 5.39. The Labute approximate surface area is 132 Å². The van der Waals surface area contributed by atoms with Crippen molar-refractivity contribution in [3.05, 3.63) is 84.4 Å². The van der Waals surface area contributed by atoms with Crippen molar-refractivity contribution in [3.63, 3.8) is 0 Å². The van der Waals surface area contributed by atoms with E-state index in [1.54, 1.807) is 0 Å². The molecule has 0 saturated heterocycles. The monoisotopic (exact) mass is 307 g/mol. The van der Waals surface area contributed by atoms with Gasteiger partial charge in [-0.25, -0.2) is 0 Å². The summed E-state index contributed by atoms with van der Waals surface area (Å²) >= 11 is 1.90. The van der Waals surface area contributed by atoms with E-state index in [1.165, 1.54) is 25.1 Å². The third-order valence-corrected chi connectivity index (χ3v) is 7.41. The van der Waals surface area contributed by atoms with E-state index in [4.69, 9.17) is 0 Å². The highest BCUT2D eigenvalue weighted by Crippen LogP contribution is 2.46. The standard InChI is InChI=1S/C19H15S2/c1-2-8-15(9-3-1)14-21-18-12-6-4-10-16(18)20-17-11-5-7-13-19(17)21/h1-13H,14H2/q+1. The largest absolute Gasteiger partial charge is 0.174 e. The molecule has 0 N–H and O–H groups in total. The molecule has 4 rings (SSSR count). The minimum absolute atomic E-state index is 0.134. The van der Waals surface area contributed by atoms with Gasteiger partial charge in [0.25, 0.3) is 0 Å². The summed E-state index contributed by atoms with van der Waals surface area (Å²) in [6.07, 6.45) is 0. The molecule has 0 amide bonds. The van der Waals surface area contributed by atoms with Crippen molar-refractivity contribution in [3.8, 4) is 0 Å². The van der Waals surface area contributed by atoms with Crippen molar-refractivity contribution in [2.75, 3.05) is 0 Å². The quantitative estimate of drug-likeness (QED) is 0.572. The molecule has 0 nitrogen and oxygen atoms in total. The van der Waals surface area contributed by atoms with Gasteiger partial charge in [-0.15, -0.1) is 0 Å². The van der Waals surface area contributed by atoms with Gasteiger partial charge in [0.05, 0.1) is 20.7 Å². The van der Waals surface area contributed by atoms with Crippen LogP contribution in [0.25, 0.3) is 0 Å². The summed E-state index contributed by atoms with van der Waals surface area (Å²) in [5.41, 5.74) is 1.41. The molecule has 1 heterocycles. The van der Waals surface area contributed by atoms with Crippen molar-refractivity contribution in [1.82, 2.24) is 0 Å². The molecule has 1 aliphatic rings. The van der Waals surface area contributed by atoms with Gasteiger partial charge in [0, 0.05) is 5.56 Å². The van der Waals surface area contributed by atoms with Crippen LogP contribution in [0.15, 0.2) is 98.4 Å². The molecular formula is C19H15S2+. The molecule has 1 aliphatic heterocycles. The fourth-order valence-electron chi connectivity index (χ4n) is 2.61. The van der Waals surface area contributed by atoms with E-state index in [-0.39, 0.29) is 10.9 Å². The Morgan fingerprint density at radius 3 is 1.76 bits per heavy atom. The van der Waals surface area contributed by atoms with Crippen LogP contribution in [0.4, 0.5) is 0 Å². The molecule has 2 heteroatoms. The van der Waals surface area contributed by atoms with Gasteiger partial charge >= 0.3 is 0 Å². The van der Waals surface area contributed by atoms with Crippen molar-refractivity contribution in [2.24, 2.45) is 0 Å². The van der Waals surface area contributed by atoms with Gasteiger partial charge in [-0.3, -0.25) is 0 Å². The van der Waals surface area contributed by atoms with Gasteiger partial charge in [0.2, 0.25) is 0 Å². The molecule has 0 aromatic heterocycles. The number of fused-ring (bicyclic) bond motifs is 2. The highest BCUT2D eigenvalue weighted by molar-refractivity contribution is 8.03. The first-order chi connectivity index (χ1) is 10.4. The summed E-state index contributed by atoms with van der Waals surface area (Å²) in [4.78, 5) is 5.81. The second-order valence-electron chi connectivity index (χ2n) is 5.02. The maximum atomic E-state index is 2.30.